The van der Waals surface area contributed by atoms with Gasteiger partial charge in [-0.25, -0.2) is 13.6 Å². The van der Waals surface area contributed by atoms with Gasteiger partial charge in [0.05, 0.1) is 4.90 Å². The van der Waals surface area contributed by atoms with E-state index in [1.165, 1.54) is 6.07 Å². The number of benzene rings is 1. The Morgan fingerprint density at radius 3 is 2.19 bits per heavy atom. The third-order valence-corrected chi connectivity index (χ3v) is 3.14. The van der Waals surface area contributed by atoms with Crippen LogP contribution >= 0.6 is 0 Å². The fourth-order valence-electron chi connectivity index (χ4n) is 1.29. The van der Waals surface area contributed by atoms with Crippen LogP contribution in [0, 0.1) is 0 Å². The molecular formula is C9H14BNO4S. The zero-order valence-corrected chi connectivity index (χ0v) is 9.90. The molecule has 0 bridgehead atoms. The Morgan fingerprint density at radius 2 is 1.81 bits per heavy atom. The average molecular weight is 243 g/mol. The summed E-state index contributed by atoms with van der Waals surface area (Å²) in [6.07, 6.45) is 0. The summed E-state index contributed by atoms with van der Waals surface area (Å²) in [6, 6.07) is 4.14. The van der Waals surface area contributed by atoms with Gasteiger partial charge in [0.25, 0.3) is 0 Å². The molecule has 0 heterocycles. The van der Waals surface area contributed by atoms with E-state index in [1.807, 2.05) is 13.8 Å². The zero-order chi connectivity index (χ0) is 12.5. The molecule has 0 saturated carbocycles. The Bertz CT molecular complexity index is 458. The molecule has 88 valence electrons. The van der Waals surface area contributed by atoms with Crippen molar-refractivity contribution >= 4 is 22.6 Å². The standard InChI is InChI=1S/C9H14BNO4S/c1-6(2)7-3-8(10(12)13)5-9(4-7)16(11,14)15/h3-6,12-13H,1-2H3,(H2,11,14,15). The first kappa shape index (κ1) is 13.2. The Morgan fingerprint density at radius 1 is 1.25 bits per heavy atom. The Hall–Kier alpha value is -0.885. The molecule has 0 saturated heterocycles. The molecule has 7 heteroatoms. The lowest BCUT2D eigenvalue weighted by molar-refractivity contribution is 0.425. The molecule has 1 aromatic rings. The summed E-state index contributed by atoms with van der Waals surface area (Å²) in [5, 5.41) is 23.1. The molecule has 1 rings (SSSR count). The molecule has 5 nitrogen and oxygen atoms in total. The molecule has 0 radical (unpaired) electrons. The van der Waals surface area contributed by atoms with E-state index in [4.69, 9.17) is 15.2 Å². The summed E-state index contributed by atoms with van der Waals surface area (Å²) in [5.74, 6) is 0.0687. The molecule has 0 aliphatic rings. The first-order chi connectivity index (χ1) is 7.21. The first-order valence-corrected chi connectivity index (χ1v) is 6.30. The zero-order valence-electron chi connectivity index (χ0n) is 9.08. The molecule has 0 aromatic heterocycles. The monoisotopic (exact) mass is 243 g/mol. The van der Waals surface area contributed by atoms with Gasteiger partial charge in [-0.3, -0.25) is 0 Å². The molecular weight excluding hydrogens is 229 g/mol. The van der Waals surface area contributed by atoms with Crippen molar-refractivity contribution in [3.63, 3.8) is 0 Å². The molecule has 0 aliphatic heterocycles. The van der Waals surface area contributed by atoms with E-state index in [2.05, 4.69) is 0 Å². The van der Waals surface area contributed by atoms with E-state index in [1.54, 1.807) is 6.07 Å². The lowest BCUT2D eigenvalue weighted by Crippen LogP contribution is -2.31. The van der Waals surface area contributed by atoms with Gasteiger partial charge in [0.15, 0.2) is 0 Å². The molecule has 4 N–H and O–H groups in total. The molecule has 0 fully saturated rings. The van der Waals surface area contributed by atoms with Crippen molar-refractivity contribution < 1.29 is 18.5 Å². The topological polar surface area (TPSA) is 101 Å². The van der Waals surface area contributed by atoms with E-state index < -0.39 is 17.1 Å². The highest BCUT2D eigenvalue weighted by Gasteiger charge is 2.18. The van der Waals surface area contributed by atoms with Crippen LogP contribution in [-0.4, -0.2) is 25.6 Å². The lowest BCUT2D eigenvalue weighted by atomic mass is 9.79. The smallest absolute Gasteiger partial charge is 0.423 e. The molecule has 16 heavy (non-hydrogen) atoms. The third-order valence-electron chi connectivity index (χ3n) is 2.24. The second-order valence-corrected chi connectivity index (χ2v) is 5.47. The van der Waals surface area contributed by atoms with Crippen molar-refractivity contribution in [2.45, 2.75) is 24.7 Å². The van der Waals surface area contributed by atoms with Gasteiger partial charge in [0, 0.05) is 0 Å². The van der Waals surface area contributed by atoms with Gasteiger partial charge in [-0.2, -0.15) is 0 Å². The quantitative estimate of drug-likeness (QED) is 0.601. The van der Waals surface area contributed by atoms with Crippen molar-refractivity contribution in [2.24, 2.45) is 5.14 Å². The Kier molecular flexibility index (Phi) is 3.74. The summed E-state index contributed by atoms with van der Waals surface area (Å²) in [6.45, 7) is 3.74. The number of hydrogen-bond acceptors (Lipinski definition) is 4. The summed E-state index contributed by atoms with van der Waals surface area (Å²) in [5.41, 5.74) is 0.810. The van der Waals surface area contributed by atoms with E-state index in [0.717, 1.165) is 6.07 Å². The minimum absolute atomic E-state index is 0.0687. The van der Waals surface area contributed by atoms with Crippen LogP contribution < -0.4 is 10.6 Å². The minimum Gasteiger partial charge on any atom is -0.423 e. The van der Waals surface area contributed by atoms with Crippen LogP contribution in [0.15, 0.2) is 23.1 Å². The number of rotatable bonds is 3. The van der Waals surface area contributed by atoms with Crippen LogP contribution in [0.3, 0.4) is 0 Å². The highest BCUT2D eigenvalue weighted by molar-refractivity contribution is 7.89. The number of primary sulfonamides is 1. The molecule has 0 aliphatic carbocycles. The van der Waals surface area contributed by atoms with Crippen LogP contribution in [-0.2, 0) is 10.0 Å². The van der Waals surface area contributed by atoms with Crippen molar-refractivity contribution in [2.75, 3.05) is 0 Å². The van der Waals surface area contributed by atoms with Crippen LogP contribution in [0.5, 0.6) is 0 Å². The van der Waals surface area contributed by atoms with E-state index in [0.29, 0.717) is 5.56 Å². The van der Waals surface area contributed by atoms with Crippen LogP contribution in [0.1, 0.15) is 25.3 Å². The second-order valence-electron chi connectivity index (χ2n) is 3.91. The van der Waals surface area contributed by atoms with Crippen molar-refractivity contribution in [1.82, 2.24) is 0 Å². The maximum Gasteiger partial charge on any atom is 0.488 e. The number of hydrogen-bond donors (Lipinski definition) is 3. The third kappa shape index (κ3) is 3.05. The average Bonchev–Trinajstić information content (AvgIpc) is 2.15. The molecule has 0 atom stereocenters. The van der Waals surface area contributed by atoms with Crippen LogP contribution in [0.4, 0.5) is 0 Å². The molecule has 0 amide bonds. The fourth-order valence-corrected chi connectivity index (χ4v) is 1.89. The van der Waals surface area contributed by atoms with Crippen molar-refractivity contribution in [1.29, 1.82) is 0 Å². The van der Waals surface area contributed by atoms with Gasteiger partial charge in [-0.05, 0) is 29.1 Å². The van der Waals surface area contributed by atoms with Crippen LogP contribution in [0.25, 0.3) is 0 Å². The van der Waals surface area contributed by atoms with E-state index >= 15 is 0 Å². The van der Waals surface area contributed by atoms with Gasteiger partial charge >= 0.3 is 7.12 Å². The normalized spacial score (nSPS) is 11.9. The van der Waals surface area contributed by atoms with Gasteiger partial charge in [-0.15, -0.1) is 0 Å². The lowest BCUT2D eigenvalue weighted by Gasteiger charge is -2.10. The van der Waals surface area contributed by atoms with Crippen LogP contribution in [0.2, 0.25) is 0 Å². The summed E-state index contributed by atoms with van der Waals surface area (Å²) in [7, 11) is -5.55. The SMILES string of the molecule is CC(C)c1cc(B(O)O)cc(S(N)(=O)=O)c1. The predicted molar refractivity (Wildman–Crippen MR) is 61.7 cm³/mol. The number of sulfonamides is 1. The predicted octanol–water partition coefficient (Wildman–Crippen LogP) is -0.863. The first-order valence-electron chi connectivity index (χ1n) is 4.75. The van der Waals surface area contributed by atoms with E-state index in [-0.39, 0.29) is 16.3 Å². The van der Waals surface area contributed by atoms with Crippen molar-refractivity contribution in [3.05, 3.63) is 23.8 Å². The summed E-state index contributed by atoms with van der Waals surface area (Å²) >= 11 is 0. The largest absolute Gasteiger partial charge is 0.488 e. The van der Waals surface area contributed by atoms with Gasteiger partial charge in [0.1, 0.15) is 0 Å². The van der Waals surface area contributed by atoms with Crippen molar-refractivity contribution in [3.8, 4) is 0 Å². The maximum absolute atomic E-state index is 11.2. The van der Waals surface area contributed by atoms with Gasteiger partial charge in [0.2, 0.25) is 10.0 Å². The van der Waals surface area contributed by atoms with Gasteiger partial charge in [-0.1, -0.05) is 19.9 Å². The maximum atomic E-state index is 11.2. The highest BCUT2D eigenvalue weighted by atomic mass is 32.2. The fraction of sp³-hybridized carbons (Fsp3) is 0.333. The van der Waals surface area contributed by atoms with Gasteiger partial charge < -0.3 is 10.0 Å². The highest BCUT2D eigenvalue weighted by Crippen LogP contribution is 2.16. The number of nitrogens with two attached hydrogens (primary N) is 1. The summed E-state index contributed by atoms with van der Waals surface area (Å²) in [4.78, 5) is -0.109. The molecule has 0 spiro atoms. The molecule has 0 unspecified atom stereocenters. The summed E-state index contributed by atoms with van der Waals surface area (Å²) < 4.78 is 22.4. The molecule has 1 aromatic carbocycles. The minimum atomic E-state index is -3.84. The Balaban J connectivity index is 3.42. The van der Waals surface area contributed by atoms with E-state index in [9.17, 15) is 8.42 Å². The Labute approximate surface area is 95.1 Å². The second kappa shape index (κ2) is 4.54.